The van der Waals surface area contributed by atoms with Gasteiger partial charge in [-0.3, -0.25) is 4.90 Å². The standard InChI is InChI=1S/C15H20N2/c1-15(2,12-16)14-7-5-13(6-8-14)11-17-9-3-4-10-17/h5-8H,3-4,9-11H2,1-2H3. The maximum absolute atomic E-state index is 9.09. The molecule has 1 fully saturated rings. The Morgan fingerprint density at radius 2 is 1.76 bits per heavy atom. The van der Waals surface area contributed by atoms with E-state index in [1.54, 1.807) is 0 Å². The van der Waals surface area contributed by atoms with Crippen LogP contribution in [0.25, 0.3) is 0 Å². The summed E-state index contributed by atoms with van der Waals surface area (Å²) in [4.78, 5) is 2.49. The number of benzene rings is 1. The van der Waals surface area contributed by atoms with E-state index in [4.69, 9.17) is 5.26 Å². The first-order valence-electron chi connectivity index (χ1n) is 6.35. The van der Waals surface area contributed by atoms with E-state index < -0.39 is 0 Å². The van der Waals surface area contributed by atoms with Crippen molar-refractivity contribution in [3.8, 4) is 6.07 Å². The molecule has 1 saturated heterocycles. The second-order valence-electron chi connectivity index (χ2n) is 5.42. The molecule has 2 nitrogen and oxygen atoms in total. The molecular weight excluding hydrogens is 208 g/mol. The molecule has 0 amide bonds. The van der Waals surface area contributed by atoms with Gasteiger partial charge < -0.3 is 0 Å². The predicted octanol–water partition coefficient (Wildman–Crippen LogP) is 3.08. The molecule has 1 aromatic carbocycles. The summed E-state index contributed by atoms with van der Waals surface area (Å²) in [5.41, 5.74) is 2.07. The smallest absolute Gasteiger partial charge is 0.0766 e. The molecule has 1 heterocycles. The van der Waals surface area contributed by atoms with Gasteiger partial charge in [0.2, 0.25) is 0 Å². The molecule has 1 aliphatic rings. The van der Waals surface area contributed by atoms with E-state index >= 15 is 0 Å². The average Bonchev–Trinajstić information content (AvgIpc) is 2.83. The molecule has 0 saturated carbocycles. The van der Waals surface area contributed by atoms with Crippen molar-refractivity contribution in [2.45, 2.75) is 38.6 Å². The molecule has 17 heavy (non-hydrogen) atoms. The van der Waals surface area contributed by atoms with Crippen LogP contribution in [-0.4, -0.2) is 18.0 Å². The Morgan fingerprint density at radius 1 is 1.18 bits per heavy atom. The number of rotatable bonds is 3. The van der Waals surface area contributed by atoms with Crippen LogP contribution >= 0.6 is 0 Å². The van der Waals surface area contributed by atoms with Crippen molar-refractivity contribution < 1.29 is 0 Å². The average molecular weight is 228 g/mol. The maximum Gasteiger partial charge on any atom is 0.0766 e. The highest BCUT2D eigenvalue weighted by Gasteiger charge is 2.19. The Bertz CT molecular complexity index is 406. The van der Waals surface area contributed by atoms with Gasteiger partial charge in [0, 0.05) is 6.54 Å². The normalized spacial score (nSPS) is 17.0. The van der Waals surface area contributed by atoms with E-state index in [0.717, 1.165) is 12.1 Å². The monoisotopic (exact) mass is 228 g/mol. The summed E-state index contributed by atoms with van der Waals surface area (Å²) in [5, 5.41) is 9.09. The first-order valence-corrected chi connectivity index (χ1v) is 6.35. The Labute approximate surface area is 104 Å². The van der Waals surface area contributed by atoms with Gasteiger partial charge in [-0.2, -0.15) is 5.26 Å². The third-order valence-corrected chi connectivity index (χ3v) is 3.56. The minimum atomic E-state index is -0.383. The quantitative estimate of drug-likeness (QED) is 0.795. The van der Waals surface area contributed by atoms with E-state index in [1.807, 2.05) is 13.8 Å². The van der Waals surface area contributed by atoms with Crippen LogP contribution in [0, 0.1) is 11.3 Å². The van der Waals surface area contributed by atoms with Crippen molar-refractivity contribution in [3.05, 3.63) is 35.4 Å². The Kier molecular flexibility index (Phi) is 3.49. The molecule has 0 atom stereocenters. The highest BCUT2D eigenvalue weighted by molar-refractivity contribution is 5.32. The zero-order chi connectivity index (χ0) is 12.3. The first kappa shape index (κ1) is 12.1. The van der Waals surface area contributed by atoms with Gasteiger partial charge in [0.15, 0.2) is 0 Å². The van der Waals surface area contributed by atoms with Gasteiger partial charge in [0.1, 0.15) is 0 Å². The fourth-order valence-electron chi connectivity index (χ4n) is 2.29. The molecule has 0 aromatic heterocycles. The topological polar surface area (TPSA) is 27.0 Å². The molecule has 90 valence electrons. The number of hydrogen-bond acceptors (Lipinski definition) is 2. The molecule has 2 rings (SSSR count). The molecule has 0 radical (unpaired) electrons. The fourth-order valence-corrected chi connectivity index (χ4v) is 2.29. The number of nitrogens with zero attached hydrogens (tertiary/aromatic N) is 2. The molecule has 0 bridgehead atoms. The molecule has 0 spiro atoms. The van der Waals surface area contributed by atoms with Crippen LogP contribution in [0.5, 0.6) is 0 Å². The van der Waals surface area contributed by atoms with Gasteiger partial charge in [-0.15, -0.1) is 0 Å². The number of hydrogen-bond donors (Lipinski definition) is 0. The van der Waals surface area contributed by atoms with Crippen LogP contribution in [0.2, 0.25) is 0 Å². The lowest BCUT2D eigenvalue weighted by molar-refractivity contribution is 0.331. The number of nitriles is 1. The lowest BCUT2D eigenvalue weighted by Crippen LogP contribution is -2.18. The zero-order valence-corrected chi connectivity index (χ0v) is 10.7. The van der Waals surface area contributed by atoms with Crippen molar-refractivity contribution >= 4 is 0 Å². The largest absolute Gasteiger partial charge is 0.299 e. The van der Waals surface area contributed by atoms with Crippen LogP contribution in [-0.2, 0) is 12.0 Å². The molecule has 0 N–H and O–H groups in total. The van der Waals surface area contributed by atoms with Gasteiger partial charge >= 0.3 is 0 Å². The van der Waals surface area contributed by atoms with Crippen LogP contribution in [0.1, 0.15) is 37.8 Å². The summed E-state index contributed by atoms with van der Waals surface area (Å²) >= 11 is 0. The van der Waals surface area contributed by atoms with E-state index in [1.165, 1.54) is 31.5 Å². The first-order chi connectivity index (χ1) is 8.12. The molecule has 1 aliphatic heterocycles. The molecule has 0 aliphatic carbocycles. The van der Waals surface area contributed by atoms with Crippen LogP contribution in [0.15, 0.2) is 24.3 Å². The minimum Gasteiger partial charge on any atom is -0.299 e. The lowest BCUT2D eigenvalue weighted by Gasteiger charge is -2.18. The second-order valence-corrected chi connectivity index (χ2v) is 5.42. The third kappa shape index (κ3) is 2.87. The lowest BCUT2D eigenvalue weighted by atomic mass is 9.86. The highest BCUT2D eigenvalue weighted by Crippen LogP contribution is 2.23. The van der Waals surface area contributed by atoms with Crippen molar-refractivity contribution in [3.63, 3.8) is 0 Å². The SMILES string of the molecule is CC(C)(C#N)c1ccc(CN2CCCC2)cc1. The Morgan fingerprint density at radius 3 is 2.29 bits per heavy atom. The predicted molar refractivity (Wildman–Crippen MR) is 69.6 cm³/mol. The summed E-state index contributed by atoms with van der Waals surface area (Å²) in [5.74, 6) is 0. The van der Waals surface area contributed by atoms with Gasteiger partial charge in [-0.05, 0) is 50.9 Å². The minimum absolute atomic E-state index is 0.383. The van der Waals surface area contributed by atoms with Gasteiger partial charge in [-0.25, -0.2) is 0 Å². The maximum atomic E-state index is 9.09. The molecule has 2 heteroatoms. The van der Waals surface area contributed by atoms with Crippen molar-refractivity contribution in [1.82, 2.24) is 4.90 Å². The van der Waals surface area contributed by atoms with Crippen LogP contribution in [0.4, 0.5) is 0 Å². The van der Waals surface area contributed by atoms with Crippen molar-refractivity contribution in [2.24, 2.45) is 0 Å². The van der Waals surface area contributed by atoms with E-state index in [-0.39, 0.29) is 5.41 Å². The van der Waals surface area contributed by atoms with Crippen LogP contribution < -0.4 is 0 Å². The van der Waals surface area contributed by atoms with Gasteiger partial charge in [-0.1, -0.05) is 24.3 Å². The summed E-state index contributed by atoms with van der Waals surface area (Å²) in [7, 11) is 0. The summed E-state index contributed by atoms with van der Waals surface area (Å²) < 4.78 is 0. The van der Waals surface area contributed by atoms with E-state index in [0.29, 0.717) is 0 Å². The summed E-state index contributed by atoms with van der Waals surface area (Å²) in [6.45, 7) is 7.43. The third-order valence-electron chi connectivity index (χ3n) is 3.56. The van der Waals surface area contributed by atoms with Crippen LogP contribution in [0.3, 0.4) is 0 Å². The van der Waals surface area contributed by atoms with Gasteiger partial charge in [0.25, 0.3) is 0 Å². The Balaban J connectivity index is 2.05. The molecular formula is C15H20N2. The van der Waals surface area contributed by atoms with E-state index in [9.17, 15) is 0 Å². The molecule has 0 unspecified atom stereocenters. The summed E-state index contributed by atoms with van der Waals surface area (Å²) in [6, 6.07) is 10.8. The summed E-state index contributed by atoms with van der Waals surface area (Å²) in [6.07, 6.45) is 2.67. The van der Waals surface area contributed by atoms with Crippen molar-refractivity contribution in [1.29, 1.82) is 5.26 Å². The van der Waals surface area contributed by atoms with E-state index in [2.05, 4.69) is 35.2 Å². The molecule has 1 aromatic rings. The zero-order valence-electron chi connectivity index (χ0n) is 10.7. The van der Waals surface area contributed by atoms with Gasteiger partial charge in [0.05, 0.1) is 11.5 Å². The highest BCUT2D eigenvalue weighted by atomic mass is 15.1. The van der Waals surface area contributed by atoms with Crippen molar-refractivity contribution in [2.75, 3.05) is 13.1 Å². The second kappa shape index (κ2) is 4.89. The number of likely N-dealkylation sites (tertiary alicyclic amines) is 1. The fraction of sp³-hybridized carbons (Fsp3) is 0.533. The Hall–Kier alpha value is -1.33.